The first kappa shape index (κ1) is 16.2. The van der Waals surface area contributed by atoms with E-state index in [9.17, 15) is 9.18 Å². The summed E-state index contributed by atoms with van der Waals surface area (Å²) < 4.78 is 13.1. The summed E-state index contributed by atoms with van der Waals surface area (Å²) in [4.78, 5) is 14.1. The van der Waals surface area contributed by atoms with E-state index < -0.39 is 5.82 Å². The largest absolute Gasteiger partial charge is 0.396 e. The van der Waals surface area contributed by atoms with Crippen LogP contribution in [0, 0.1) is 11.7 Å². The Morgan fingerprint density at radius 1 is 1.52 bits per heavy atom. The molecule has 2 N–H and O–H groups in total. The molecule has 1 amide bonds. The van der Waals surface area contributed by atoms with E-state index in [4.69, 9.17) is 16.7 Å². The van der Waals surface area contributed by atoms with Gasteiger partial charge in [-0.2, -0.15) is 0 Å². The lowest BCUT2D eigenvalue weighted by Crippen LogP contribution is -2.40. The van der Waals surface area contributed by atoms with Crippen LogP contribution in [0.25, 0.3) is 0 Å². The maximum absolute atomic E-state index is 13.1. The molecule has 0 spiro atoms. The summed E-state index contributed by atoms with van der Waals surface area (Å²) in [7, 11) is 0. The SMILES string of the molecule is O=C(CN1CCCC(CCO)C1)Nc1ccc(F)c(Cl)c1. The molecule has 0 bridgehead atoms. The van der Waals surface area contributed by atoms with Crippen LogP contribution in [0.2, 0.25) is 5.02 Å². The second kappa shape index (κ2) is 7.73. The van der Waals surface area contributed by atoms with Gasteiger partial charge in [-0.25, -0.2) is 4.39 Å². The number of aliphatic hydroxyl groups is 1. The summed E-state index contributed by atoms with van der Waals surface area (Å²) in [5, 5.41) is 11.7. The van der Waals surface area contributed by atoms with E-state index in [2.05, 4.69) is 10.2 Å². The second-order valence-corrected chi connectivity index (χ2v) is 5.84. The molecule has 6 heteroatoms. The Balaban J connectivity index is 1.84. The summed E-state index contributed by atoms with van der Waals surface area (Å²) >= 11 is 5.68. The van der Waals surface area contributed by atoms with Crippen molar-refractivity contribution in [1.29, 1.82) is 0 Å². The zero-order valence-corrected chi connectivity index (χ0v) is 12.6. The number of amides is 1. The van der Waals surface area contributed by atoms with E-state index in [1.165, 1.54) is 18.2 Å². The lowest BCUT2D eigenvalue weighted by molar-refractivity contribution is -0.117. The number of hydrogen-bond acceptors (Lipinski definition) is 3. The number of piperidine rings is 1. The molecule has 0 radical (unpaired) electrons. The third kappa shape index (κ3) is 4.95. The first-order valence-corrected chi connectivity index (χ1v) is 7.54. The number of rotatable bonds is 5. The van der Waals surface area contributed by atoms with E-state index in [1.54, 1.807) is 0 Å². The highest BCUT2D eigenvalue weighted by Crippen LogP contribution is 2.21. The van der Waals surface area contributed by atoms with E-state index in [-0.39, 0.29) is 17.5 Å². The average molecular weight is 315 g/mol. The number of hydrogen-bond donors (Lipinski definition) is 2. The van der Waals surface area contributed by atoms with Gasteiger partial charge in [0.2, 0.25) is 5.91 Å². The van der Waals surface area contributed by atoms with Crippen LogP contribution in [0.15, 0.2) is 18.2 Å². The zero-order chi connectivity index (χ0) is 15.2. The third-order valence-corrected chi connectivity index (χ3v) is 4.00. The van der Waals surface area contributed by atoms with Gasteiger partial charge in [-0.3, -0.25) is 9.69 Å². The van der Waals surface area contributed by atoms with Crippen molar-refractivity contribution in [2.24, 2.45) is 5.92 Å². The lowest BCUT2D eigenvalue weighted by Gasteiger charge is -2.31. The molecule has 1 saturated heterocycles. The zero-order valence-electron chi connectivity index (χ0n) is 11.8. The van der Waals surface area contributed by atoms with E-state index >= 15 is 0 Å². The lowest BCUT2D eigenvalue weighted by atomic mass is 9.95. The molecule has 116 valence electrons. The molecule has 0 aliphatic carbocycles. The monoisotopic (exact) mass is 314 g/mol. The summed E-state index contributed by atoms with van der Waals surface area (Å²) in [5.74, 6) is -0.184. The maximum Gasteiger partial charge on any atom is 0.238 e. The average Bonchev–Trinajstić information content (AvgIpc) is 2.43. The van der Waals surface area contributed by atoms with E-state index in [1.807, 2.05) is 0 Å². The number of benzene rings is 1. The number of aliphatic hydroxyl groups excluding tert-OH is 1. The highest BCUT2D eigenvalue weighted by Gasteiger charge is 2.21. The van der Waals surface area contributed by atoms with Crippen molar-refractivity contribution in [1.82, 2.24) is 4.90 Å². The standard InChI is InChI=1S/C15H20ClFN2O2/c16-13-8-12(3-4-14(13)17)18-15(21)10-19-6-1-2-11(9-19)5-7-20/h3-4,8,11,20H,1-2,5-7,9-10H2,(H,18,21). The van der Waals surface area contributed by atoms with Gasteiger partial charge < -0.3 is 10.4 Å². The predicted molar refractivity (Wildman–Crippen MR) is 80.9 cm³/mol. The normalized spacial score (nSPS) is 19.5. The van der Waals surface area contributed by atoms with E-state index in [0.29, 0.717) is 18.2 Å². The molecule has 1 unspecified atom stereocenters. The number of nitrogens with zero attached hydrogens (tertiary/aromatic N) is 1. The Kier molecular flexibility index (Phi) is 5.96. The fraction of sp³-hybridized carbons (Fsp3) is 0.533. The quantitative estimate of drug-likeness (QED) is 0.878. The van der Waals surface area contributed by atoms with Gasteiger partial charge in [0, 0.05) is 18.8 Å². The first-order valence-electron chi connectivity index (χ1n) is 7.16. The predicted octanol–water partition coefficient (Wildman–Crippen LogP) is 2.51. The summed E-state index contributed by atoms with van der Waals surface area (Å²) in [5.41, 5.74) is 0.496. The maximum atomic E-state index is 13.1. The molecule has 4 nitrogen and oxygen atoms in total. The van der Waals surface area contributed by atoms with Crippen molar-refractivity contribution in [3.63, 3.8) is 0 Å². The Morgan fingerprint density at radius 2 is 2.33 bits per heavy atom. The minimum atomic E-state index is -0.502. The molecule has 1 atom stereocenters. The van der Waals surface area contributed by atoms with Crippen LogP contribution in [-0.2, 0) is 4.79 Å². The number of nitrogens with one attached hydrogen (secondary N) is 1. The van der Waals surface area contributed by atoms with Crippen molar-refractivity contribution in [2.75, 3.05) is 31.6 Å². The van der Waals surface area contributed by atoms with Crippen LogP contribution in [0.1, 0.15) is 19.3 Å². The Bertz CT molecular complexity index is 497. The third-order valence-electron chi connectivity index (χ3n) is 3.71. The molecule has 1 heterocycles. The molecule has 0 aromatic heterocycles. The number of carbonyl (C=O) groups is 1. The molecule has 0 saturated carbocycles. The fourth-order valence-corrected chi connectivity index (χ4v) is 2.87. The van der Waals surface area contributed by atoms with Crippen molar-refractivity contribution < 1.29 is 14.3 Å². The van der Waals surface area contributed by atoms with Gasteiger partial charge in [0.05, 0.1) is 11.6 Å². The molecule has 1 aliphatic heterocycles. The van der Waals surface area contributed by atoms with Crippen LogP contribution < -0.4 is 5.32 Å². The molecule has 21 heavy (non-hydrogen) atoms. The van der Waals surface area contributed by atoms with Crippen LogP contribution in [0.3, 0.4) is 0 Å². The second-order valence-electron chi connectivity index (χ2n) is 5.43. The summed E-state index contributed by atoms with van der Waals surface area (Å²) in [6, 6.07) is 4.12. The Labute approximate surface area is 128 Å². The molecule has 2 rings (SSSR count). The van der Waals surface area contributed by atoms with Crippen LogP contribution >= 0.6 is 11.6 Å². The minimum Gasteiger partial charge on any atom is -0.396 e. The van der Waals surface area contributed by atoms with Crippen LogP contribution in [-0.4, -0.2) is 42.2 Å². The summed E-state index contributed by atoms with van der Waals surface area (Å²) in [6.45, 7) is 2.22. The Morgan fingerprint density at radius 3 is 3.05 bits per heavy atom. The highest BCUT2D eigenvalue weighted by atomic mass is 35.5. The molecule has 1 aromatic rings. The first-order chi connectivity index (χ1) is 10.1. The number of halogens is 2. The fourth-order valence-electron chi connectivity index (χ4n) is 2.69. The molecule has 1 fully saturated rings. The van der Waals surface area contributed by atoms with Crippen LogP contribution in [0.5, 0.6) is 0 Å². The smallest absolute Gasteiger partial charge is 0.238 e. The van der Waals surface area contributed by atoms with Gasteiger partial charge >= 0.3 is 0 Å². The van der Waals surface area contributed by atoms with Crippen molar-refractivity contribution in [3.05, 3.63) is 29.0 Å². The summed E-state index contributed by atoms with van der Waals surface area (Å²) in [6.07, 6.45) is 2.93. The van der Waals surface area contributed by atoms with Gasteiger partial charge in [-0.05, 0) is 49.9 Å². The Hall–Kier alpha value is -1.17. The van der Waals surface area contributed by atoms with Gasteiger partial charge in [-0.1, -0.05) is 11.6 Å². The van der Waals surface area contributed by atoms with Crippen molar-refractivity contribution in [3.8, 4) is 0 Å². The van der Waals surface area contributed by atoms with Gasteiger partial charge in [0.15, 0.2) is 0 Å². The minimum absolute atomic E-state index is 0.00576. The van der Waals surface area contributed by atoms with Crippen molar-refractivity contribution in [2.45, 2.75) is 19.3 Å². The topological polar surface area (TPSA) is 52.6 Å². The number of likely N-dealkylation sites (tertiary alicyclic amines) is 1. The number of anilines is 1. The molecular formula is C15H20ClFN2O2. The highest BCUT2D eigenvalue weighted by molar-refractivity contribution is 6.31. The van der Waals surface area contributed by atoms with Gasteiger partial charge in [0.25, 0.3) is 0 Å². The molecular weight excluding hydrogens is 295 g/mol. The van der Waals surface area contributed by atoms with Crippen molar-refractivity contribution >= 4 is 23.2 Å². The van der Waals surface area contributed by atoms with Gasteiger partial charge in [0.1, 0.15) is 5.82 Å². The van der Waals surface area contributed by atoms with Crippen LogP contribution in [0.4, 0.5) is 10.1 Å². The number of carbonyl (C=O) groups excluding carboxylic acids is 1. The van der Waals surface area contributed by atoms with Gasteiger partial charge in [-0.15, -0.1) is 0 Å². The molecule has 1 aromatic carbocycles. The molecule has 1 aliphatic rings. The van der Waals surface area contributed by atoms with E-state index in [0.717, 1.165) is 32.4 Å².